The van der Waals surface area contributed by atoms with E-state index in [1.807, 2.05) is 13.8 Å². The van der Waals surface area contributed by atoms with Gasteiger partial charge in [0.25, 0.3) is 0 Å². The number of carbonyl (C=O) groups excluding carboxylic acids is 1. The molecule has 76 valence electrons. The molecule has 0 aromatic rings. The number of nitrogens with zero attached hydrogens (tertiary/aromatic N) is 1. The van der Waals surface area contributed by atoms with E-state index in [1.165, 1.54) is 0 Å². The summed E-state index contributed by atoms with van der Waals surface area (Å²) in [5.74, 6) is 0.476. The third-order valence-electron chi connectivity index (χ3n) is 2.51. The van der Waals surface area contributed by atoms with Gasteiger partial charge in [0.05, 0.1) is 19.8 Å². The monoisotopic (exact) mass is 185 g/mol. The number of ketones is 1. The number of hydrogen-bond donors (Lipinski definition) is 0. The summed E-state index contributed by atoms with van der Waals surface area (Å²) in [6.07, 6.45) is 0. The smallest absolute Gasteiger partial charge is 0.149 e. The van der Waals surface area contributed by atoms with E-state index < -0.39 is 0 Å². The molecule has 0 aromatic carbocycles. The Kier molecular flexibility index (Phi) is 3.88. The summed E-state index contributed by atoms with van der Waals surface area (Å²) in [6, 6.07) is 0.386. The minimum absolute atomic E-state index is 0.148. The molecule has 1 aliphatic heterocycles. The van der Waals surface area contributed by atoms with Crippen molar-refractivity contribution < 1.29 is 9.53 Å². The van der Waals surface area contributed by atoms with Crippen LogP contribution in [0.4, 0.5) is 0 Å². The van der Waals surface area contributed by atoms with Gasteiger partial charge in [-0.3, -0.25) is 9.69 Å². The molecular weight excluding hydrogens is 166 g/mol. The zero-order valence-electron chi connectivity index (χ0n) is 8.75. The van der Waals surface area contributed by atoms with Gasteiger partial charge >= 0.3 is 0 Å². The molecule has 3 nitrogen and oxygen atoms in total. The molecule has 3 heteroatoms. The molecule has 1 unspecified atom stereocenters. The molecule has 1 heterocycles. The molecule has 0 radical (unpaired) electrons. The van der Waals surface area contributed by atoms with Crippen molar-refractivity contribution in [2.45, 2.75) is 26.8 Å². The second-order valence-corrected chi connectivity index (χ2v) is 4.02. The second-order valence-electron chi connectivity index (χ2n) is 4.02. The highest BCUT2D eigenvalue weighted by atomic mass is 16.5. The number of hydrogen-bond acceptors (Lipinski definition) is 3. The molecule has 13 heavy (non-hydrogen) atoms. The quantitative estimate of drug-likeness (QED) is 0.655. The Morgan fingerprint density at radius 2 is 2.31 bits per heavy atom. The third-order valence-corrected chi connectivity index (χ3v) is 2.51. The number of Topliss-reactive ketones (excluding diaryl/α,β-unsaturated/α-hetero) is 1. The standard InChI is InChI=1S/C10H19NO2/c1-8(2)10(12)6-11-4-5-13-7-9(11)3/h8-9H,4-7H2,1-3H3. The van der Waals surface area contributed by atoms with E-state index in [9.17, 15) is 4.79 Å². The van der Waals surface area contributed by atoms with Gasteiger partial charge in [-0.15, -0.1) is 0 Å². The summed E-state index contributed by atoms with van der Waals surface area (Å²) in [6.45, 7) is 9.00. The van der Waals surface area contributed by atoms with Crippen LogP contribution in [-0.4, -0.2) is 43.0 Å². The van der Waals surface area contributed by atoms with Gasteiger partial charge in [-0.1, -0.05) is 13.8 Å². The first-order chi connectivity index (χ1) is 6.11. The van der Waals surface area contributed by atoms with Gasteiger partial charge in [0.1, 0.15) is 5.78 Å². The molecule has 1 fully saturated rings. The largest absolute Gasteiger partial charge is 0.379 e. The maximum Gasteiger partial charge on any atom is 0.149 e. The van der Waals surface area contributed by atoms with Gasteiger partial charge in [-0.25, -0.2) is 0 Å². The summed E-state index contributed by atoms with van der Waals surface area (Å²) in [5.41, 5.74) is 0. The SMILES string of the molecule is CC(C)C(=O)CN1CCOCC1C. The third kappa shape index (κ3) is 3.08. The zero-order valence-corrected chi connectivity index (χ0v) is 8.75. The number of ether oxygens (including phenoxy) is 1. The van der Waals surface area contributed by atoms with Crippen LogP contribution in [0.25, 0.3) is 0 Å². The first-order valence-corrected chi connectivity index (χ1v) is 4.95. The molecule has 1 atom stereocenters. The van der Waals surface area contributed by atoms with Crippen molar-refractivity contribution in [2.75, 3.05) is 26.3 Å². The highest BCUT2D eigenvalue weighted by molar-refractivity contribution is 5.82. The lowest BCUT2D eigenvalue weighted by Crippen LogP contribution is -2.46. The van der Waals surface area contributed by atoms with Crippen molar-refractivity contribution in [3.63, 3.8) is 0 Å². The minimum atomic E-state index is 0.148. The van der Waals surface area contributed by atoms with Gasteiger partial charge in [0.2, 0.25) is 0 Å². The second kappa shape index (κ2) is 4.72. The Balaban J connectivity index is 2.38. The van der Waals surface area contributed by atoms with E-state index in [-0.39, 0.29) is 5.92 Å². The van der Waals surface area contributed by atoms with Crippen LogP contribution in [0, 0.1) is 5.92 Å². The van der Waals surface area contributed by atoms with Gasteiger partial charge in [0.15, 0.2) is 0 Å². The molecule has 0 N–H and O–H groups in total. The number of morpholine rings is 1. The topological polar surface area (TPSA) is 29.5 Å². The lowest BCUT2D eigenvalue weighted by molar-refractivity contribution is -0.125. The predicted molar refractivity (Wildman–Crippen MR) is 51.7 cm³/mol. The summed E-state index contributed by atoms with van der Waals surface area (Å²) < 4.78 is 5.30. The zero-order chi connectivity index (χ0) is 9.84. The van der Waals surface area contributed by atoms with E-state index in [2.05, 4.69) is 11.8 Å². The Hall–Kier alpha value is -0.410. The lowest BCUT2D eigenvalue weighted by atomic mass is 10.1. The molecule has 0 spiro atoms. The van der Waals surface area contributed by atoms with Crippen LogP contribution in [0.5, 0.6) is 0 Å². The predicted octanol–water partition coefficient (Wildman–Crippen LogP) is 0.932. The summed E-state index contributed by atoms with van der Waals surface area (Å²) in [7, 11) is 0. The van der Waals surface area contributed by atoms with Crippen molar-refractivity contribution in [3.8, 4) is 0 Å². The molecule has 1 rings (SSSR count). The van der Waals surface area contributed by atoms with Crippen LogP contribution in [-0.2, 0) is 9.53 Å². The van der Waals surface area contributed by atoms with Gasteiger partial charge in [0, 0.05) is 18.5 Å². The average molecular weight is 185 g/mol. The van der Waals surface area contributed by atoms with Gasteiger partial charge < -0.3 is 4.74 Å². The fourth-order valence-electron chi connectivity index (χ4n) is 1.38. The first kappa shape index (κ1) is 10.7. The number of rotatable bonds is 3. The van der Waals surface area contributed by atoms with Crippen LogP contribution >= 0.6 is 0 Å². The first-order valence-electron chi connectivity index (χ1n) is 4.95. The van der Waals surface area contributed by atoms with E-state index in [0.717, 1.165) is 19.8 Å². The molecular formula is C10H19NO2. The molecule has 1 aliphatic rings. The molecule has 1 saturated heterocycles. The van der Waals surface area contributed by atoms with Crippen molar-refractivity contribution in [1.82, 2.24) is 4.90 Å². The highest BCUT2D eigenvalue weighted by Crippen LogP contribution is 2.07. The van der Waals surface area contributed by atoms with Crippen molar-refractivity contribution in [1.29, 1.82) is 0 Å². The molecule has 0 amide bonds. The van der Waals surface area contributed by atoms with Crippen LogP contribution < -0.4 is 0 Å². The molecule has 0 saturated carbocycles. The summed E-state index contributed by atoms with van der Waals surface area (Å²) in [4.78, 5) is 13.7. The highest BCUT2D eigenvalue weighted by Gasteiger charge is 2.21. The van der Waals surface area contributed by atoms with E-state index in [0.29, 0.717) is 18.4 Å². The summed E-state index contributed by atoms with van der Waals surface area (Å²) >= 11 is 0. The van der Waals surface area contributed by atoms with Crippen LogP contribution in [0.3, 0.4) is 0 Å². The fourth-order valence-corrected chi connectivity index (χ4v) is 1.38. The average Bonchev–Trinajstić information content (AvgIpc) is 2.08. The molecule has 0 aromatic heterocycles. The van der Waals surface area contributed by atoms with E-state index in [1.54, 1.807) is 0 Å². The maximum atomic E-state index is 11.5. The van der Waals surface area contributed by atoms with E-state index in [4.69, 9.17) is 4.74 Å². The molecule has 0 bridgehead atoms. The van der Waals surface area contributed by atoms with Crippen molar-refractivity contribution in [2.24, 2.45) is 5.92 Å². The normalized spacial score (nSPS) is 25.1. The van der Waals surface area contributed by atoms with Crippen LogP contribution in [0.1, 0.15) is 20.8 Å². The van der Waals surface area contributed by atoms with Gasteiger partial charge in [-0.2, -0.15) is 0 Å². The van der Waals surface area contributed by atoms with E-state index >= 15 is 0 Å². The Morgan fingerprint density at radius 1 is 1.62 bits per heavy atom. The Morgan fingerprint density at radius 3 is 2.85 bits per heavy atom. The lowest BCUT2D eigenvalue weighted by Gasteiger charge is -2.32. The maximum absolute atomic E-state index is 11.5. The van der Waals surface area contributed by atoms with Crippen LogP contribution in [0.15, 0.2) is 0 Å². The van der Waals surface area contributed by atoms with Crippen molar-refractivity contribution >= 4 is 5.78 Å². The minimum Gasteiger partial charge on any atom is -0.379 e. The van der Waals surface area contributed by atoms with Crippen LogP contribution in [0.2, 0.25) is 0 Å². The Bertz CT molecular complexity index is 180. The fraction of sp³-hybridized carbons (Fsp3) is 0.900. The van der Waals surface area contributed by atoms with Crippen molar-refractivity contribution in [3.05, 3.63) is 0 Å². The summed E-state index contributed by atoms with van der Waals surface area (Å²) in [5, 5.41) is 0. The number of carbonyl (C=O) groups is 1. The Labute approximate surface area is 80.1 Å². The molecule has 0 aliphatic carbocycles. The van der Waals surface area contributed by atoms with Gasteiger partial charge in [-0.05, 0) is 6.92 Å².